The van der Waals surface area contributed by atoms with E-state index in [0.29, 0.717) is 0 Å². The van der Waals surface area contributed by atoms with E-state index in [4.69, 9.17) is 0 Å². The Bertz CT molecular complexity index is 242. The van der Waals surface area contributed by atoms with Gasteiger partial charge in [0.2, 0.25) is 0 Å². The van der Waals surface area contributed by atoms with Gasteiger partial charge in [-0.25, -0.2) is 0 Å². The first-order valence-corrected chi connectivity index (χ1v) is 10.2. The van der Waals surface area contributed by atoms with Gasteiger partial charge in [-0.05, 0) is 25.7 Å². The first-order chi connectivity index (χ1) is 11.0. The minimum atomic E-state index is -0.228. The number of likely N-dealkylation sites (N-methyl/N-ethyl adjacent to an activating group) is 1. The lowest BCUT2D eigenvalue weighted by atomic mass is 10.1. The maximum absolute atomic E-state index is 10.3. The zero-order chi connectivity index (χ0) is 17.6. The van der Waals surface area contributed by atoms with E-state index in [-0.39, 0.29) is 12.2 Å². The maximum Gasteiger partial charge on any atom is 0.105 e. The molecule has 0 radical (unpaired) electrons. The highest BCUT2D eigenvalue weighted by molar-refractivity contribution is 4.60. The molecular formula is C20H44NO2+. The Morgan fingerprint density at radius 2 is 1.09 bits per heavy atom. The van der Waals surface area contributed by atoms with Gasteiger partial charge in [-0.3, -0.25) is 0 Å². The lowest BCUT2D eigenvalue weighted by Gasteiger charge is -2.38. The lowest BCUT2D eigenvalue weighted by molar-refractivity contribution is -0.915. The van der Waals surface area contributed by atoms with E-state index in [0.717, 1.165) is 62.6 Å². The van der Waals surface area contributed by atoms with Gasteiger partial charge in [-0.1, -0.05) is 65.7 Å². The molecule has 2 N–H and O–H groups in total. The lowest BCUT2D eigenvalue weighted by Crippen LogP contribution is -2.53. The van der Waals surface area contributed by atoms with Crippen molar-refractivity contribution in [2.45, 2.75) is 104 Å². The van der Waals surface area contributed by atoms with Gasteiger partial charge in [-0.15, -0.1) is 0 Å². The fourth-order valence-corrected chi connectivity index (χ4v) is 3.43. The van der Waals surface area contributed by atoms with Crippen LogP contribution >= 0.6 is 0 Å². The van der Waals surface area contributed by atoms with Gasteiger partial charge in [0.05, 0.1) is 13.6 Å². The fourth-order valence-electron chi connectivity index (χ4n) is 3.43. The molecule has 3 heteroatoms. The highest BCUT2D eigenvalue weighted by Gasteiger charge is 2.27. The molecule has 0 aliphatic heterocycles. The first kappa shape index (κ1) is 22.9. The van der Waals surface area contributed by atoms with Crippen LogP contribution in [0.3, 0.4) is 0 Å². The van der Waals surface area contributed by atoms with Gasteiger partial charge in [0.1, 0.15) is 25.3 Å². The molecule has 0 amide bonds. The van der Waals surface area contributed by atoms with Crippen LogP contribution in [-0.2, 0) is 0 Å². The molecule has 2 unspecified atom stereocenters. The molecule has 2 atom stereocenters. The number of rotatable bonds is 16. The maximum atomic E-state index is 10.3. The highest BCUT2D eigenvalue weighted by atomic mass is 16.3. The molecule has 0 bridgehead atoms. The van der Waals surface area contributed by atoms with Crippen LogP contribution in [0.25, 0.3) is 0 Å². The van der Waals surface area contributed by atoms with Crippen molar-refractivity contribution >= 4 is 0 Å². The molecule has 23 heavy (non-hydrogen) atoms. The molecule has 0 aromatic rings. The van der Waals surface area contributed by atoms with Crippen LogP contribution in [0.1, 0.15) is 91.4 Å². The number of unbranched alkanes of at least 4 members (excludes halogenated alkanes) is 6. The molecule has 0 saturated heterocycles. The zero-order valence-electron chi connectivity index (χ0n) is 16.4. The second kappa shape index (κ2) is 14.2. The molecule has 0 aromatic carbocycles. The SMILES string of the molecule is CCCCCCC[N+](C)(CC(O)CCCC)CC(O)CCCC. The number of aliphatic hydroxyl groups is 2. The Morgan fingerprint density at radius 1 is 0.652 bits per heavy atom. The van der Waals surface area contributed by atoms with Crippen LogP contribution in [0.4, 0.5) is 0 Å². The summed E-state index contributed by atoms with van der Waals surface area (Å²) in [5.41, 5.74) is 0. The molecule has 0 aromatic heterocycles. The standard InChI is InChI=1S/C20H44NO2/c1-5-8-11-12-13-16-21(4,17-19(22)14-9-6-2)18-20(23)15-10-7-3/h19-20,22-23H,5-18H2,1-4H3/q+1. The summed E-state index contributed by atoms with van der Waals surface area (Å²) in [5, 5.41) is 20.7. The molecule has 0 rings (SSSR count). The molecule has 0 heterocycles. The van der Waals surface area contributed by atoms with Crippen molar-refractivity contribution in [3.05, 3.63) is 0 Å². The van der Waals surface area contributed by atoms with Gasteiger partial charge in [0.25, 0.3) is 0 Å². The van der Waals surface area contributed by atoms with E-state index >= 15 is 0 Å². The predicted molar refractivity (Wildman–Crippen MR) is 101 cm³/mol. The second-order valence-electron chi connectivity index (χ2n) is 7.71. The van der Waals surface area contributed by atoms with Crippen LogP contribution in [-0.4, -0.2) is 53.6 Å². The van der Waals surface area contributed by atoms with E-state index in [1.807, 2.05) is 0 Å². The summed E-state index contributed by atoms with van der Waals surface area (Å²) < 4.78 is 0.821. The molecule has 0 aliphatic carbocycles. The van der Waals surface area contributed by atoms with Crippen molar-refractivity contribution < 1.29 is 14.7 Å². The Morgan fingerprint density at radius 3 is 1.52 bits per heavy atom. The minimum absolute atomic E-state index is 0.228. The Kier molecular flexibility index (Phi) is 14.2. The summed E-state index contributed by atoms with van der Waals surface area (Å²) in [5.74, 6) is 0. The van der Waals surface area contributed by atoms with Gasteiger partial charge < -0.3 is 14.7 Å². The van der Waals surface area contributed by atoms with Crippen molar-refractivity contribution in [1.29, 1.82) is 0 Å². The van der Waals surface area contributed by atoms with Crippen LogP contribution in [0, 0.1) is 0 Å². The number of nitrogens with zero attached hydrogens (tertiary/aromatic N) is 1. The highest BCUT2D eigenvalue weighted by Crippen LogP contribution is 2.15. The molecular weight excluding hydrogens is 286 g/mol. The Hall–Kier alpha value is -0.120. The number of hydrogen-bond donors (Lipinski definition) is 2. The predicted octanol–water partition coefficient (Wildman–Crippen LogP) is 4.51. The number of quaternary nitrogens is 1. The monoisotopic (exact) mass is 330 g/mol. The third-order valence-electron chi connectivity index (χ3n) is 4.89. The summed E-state index contributed by atoms with van der Waals surface area (Å²) in [6.07, 6.45) is 12.2. The van der Waals surface area contributed by atoms with Crippen LogP contribution in [0.5, 0.6) is 0 Å². The summed E-state index contributed by atoms with van der Waals surface area (Å²) in [7, 11) is 2.23. The van der Waals surface area contributed by atoms with Crippen molar-refractivity contribution in [2.24, 2.45) is 0 Å². The zero-order valence-corrected chi connectivity index (χ0v) is 16.4. The average Bonchev–Trinajstić information content (AvgIpc) is 2.50. The van der Waals surface area contributed by atoms with Gasteiger partial charge in [0.15, 0.2) is 0 Å². The van der Waals surface area contributed by atoms with E-state index in [2.05, 4.69) is 27.8 Å². The molecule has 0 saturated carbocycles. The number of hydrogen-bond acceptors (Lipinski definition) is 2. The van der Waals surface area contributed by atoms with Crippen molar-refractivity contribution in [3.63, 3.8) is 0 Å². The second-order valence-corrected chi connectivity index (χ2v) is 7.71. The summed E-state index contributed by atoms with van der Waals surface area (Å²) in [4.78, 5) is 0. The van der Waals surface area contributed by atoms with Crippen LogP contribution in [0.15, 0.2) is 0 Å². The normalized spacial score (nSPS) is 17.0. The van der Waals surface area contributed by atoms with Crippen molar-refractivity contribution in [3.8, 4) is 0 Å². The Balaban J connectivity index is 4.42. The number of aliphatic hydroxyl groups excluding tert-OH is 2. The quantitative estimate of drug-likeness (QED) is 0.323. The Labute approximate surface area is 145 Å². The van der Waals surface area contributed by atoms with E-state index in [1.54, 1.807) is 0 Å². The van der Waals surface area contributed by atoms with E-state index in [9.17, 15) is 10.2 Å². The molecule has 140 valence electrons. The summed E-state index contributed by atoms with van der Waals surface area (Å²) >= 11 is 0. The van der Waals surface area contributed by atoms with Crippen LogP contribution in [0.2, 0.25) is 0 Å². The molecule has 0 fully saturated rings. The van der Waals surface area contributed by atoms with Crippen molar-refractivity contribution in [2.75, 3.05) is 26.7 Å². The minimum Gasteiger partial charge on any atom is -0.387 e. The fraction of sp³-hybridized carbons (Fsp3) is 1.00. The third-order valence-corrected chi connectivity index (χ3v) is 4.89. The molecule has 0 spiro atoms. The van der Waals surface area contributed by atoms with Gasteiger partial charge in [0, 0.05) is 0 Å². The van der Waals surface area contributed by atoms with Gasteiger partial charge >= 0.3 is 0 Å². The molecule has 3 nitrogen and oxygen atoms in total. The van der Waals surface area contributed by atoms with Gasteiger partial charge in [-0.2, -0.15) is 0 Å². The van der Waals surface area contributed by atoms with E-state index in [1.165, 1.54) is 32.1 Å². The third kappa shape index (κ3) is 12.9. The van der Waals surface area contributed by atoms with E-state index < -0.39 is 0 Å². The smallest absolute Gasteiger partial charge is 0.105 e. The topological polar surface area (TPSA) is 40.5 Å². The largest absolute Gasteiger partial charge is 0.387 e. The van der Waals surface area contributed by atoms with Crippen LogP contribution < -0.4 is 0 Å². The summed E-state index contributed by atoms with van der Waals surface area (Å²) in [6, 6.07) is 0. The van der Waals surface area contributed by atoms with Crippen molar-refractivity contribution in [1.82, 2.24) is 0 Å². The summed E-state index contributed by atoms with van der Waals surface area (Å²) in [6.45, 7) is 9.24. The average molecular weight is 331 g/mol. The first-order valence-electron chi connectivity index (χ1n) is 10.2. The molecule has 0 aliphatic rings.